The van der Waals surface area contributed by atoms with Crippen molar-refractivity contribution in [2.45, 2.75) is 13.3 Å². The van der Waals surface area contributed by atoms with Crippen LogP contribution in [0.2, 0.25) is 0 Å². The second-order valence-corrected chi connectivity index (χ2v) is 15.8. The van der Waals surface area contributed by atoms with E-state index < -0.39 is 0 Å². The number of hydrogen-bond donors (Lipinski definition) is 0. The summed E-state index contributed by atoms with van der Waals surface area (Å²) in [6, 6.07) is 44.5. The minimum atomic E-state index is -0.346. The maximum absolute atomic E-state index is 7.50. The molecule has 4 rings (SSSR count). The molecule has 206 valence electrons. The van der Waals surface area contributed by atoms with Crippen LogP contribution in [0.5, 0.6) is 0 Å². The van der Waals surface area contributed by atoms with Crippen molar-refractivity contribution in [1.29, 1.82) is 0 Å². The molecule has 0 aromatic heterocycles. The Morgan fingerprint density at radius 1 is 0.564 bits per heavy atom. The van der Waals surface area contributed by atoms with Gasteiger partial charge in [-0.05, 0) is 62.4 Å². The molecule has 0 atom stereocenters. The first-order valence-corrected chi connectivity index (χ1v) is 20.3. The van der Waals surface area contributed by atoms with Crippen LogP contribution in [-0.2, 0) is 19.8 Å². The third-order valence-corrected chi connectivity index (χ3v) is 11.1. The maximum atomic E-state index is 7.50. The van der Waals surface area contributed by atoms with Crippen LogP contribution in [0.1, 0.15) is 13.3 Å². The van der Waals surface area contributed by atoms with Crippen LogP contribution in [0.3, 0.4) is 0 Å². The molecule has 0 saturated carbocycles. The van der Waals surface area contributed by atoms with Gasteiger partial charge in [0.25, 0.3) is 0 Å². The number of hydrogen-bond acceptors (Lipinski definition) is 1. The van der Waals surface area contributed by atoms with Crippen LogP contribution in [0.15, 0.2) is 121 Å². The average Bonchev–Trinajstić information content (AvgIpc) is 3.01. The van der Waals surface area contributed by atoms with Gasteiger partial charge in [0.05, 0.1) is 0 Å². The van der Waals surface area contributed by atoms with E-state index in [0.717, 1.165) is 13.1 Å². The van der Waals surface area contributed by atoms with E-state index in [0.29, 0.717) is 0 Å². The van der Waals surface area contributed by atoms with Gasteiger partial charge in [-0.25, -0.2) is 0 Å². The molecule has 0 bridgehead atoms. The van der Waals surface area contributed by atoms with Crippen molar-refractivity contribution in [3.05, 3.63) is 128 Å². The second-order valence-electron chi connectivity index (χ2n) is 8.54. The summed E-state index contributed by atoms with van der Waals surface area (Å²) in [5.74, 6) is 0. The molecule has 4 aromatic rings. The predicted molar refractivity (Wildman–Crippen MR) is 170 cm³/mol. The topological polar surface area (TPSA) is 23.1 Å². The molecule has 0 saturated heterocycles. The van der Waals surface area contributed by atoms with Gasteiger partial charge in [0.2, 0.25) is 0 Å². The third kappa shape index (κ3) is 12.4. The van der Waals surface area contributed by atoms with Crippen molar-refractivity contribution in [1.82, 2.24) is 4.90 Å². The van der Waals surface area contributed by atoms with E-state index in [1.807, 2.05) is 0 Å². The normalized spacial score (nSPS) is 10.6. The summed E-state index contributed by atoms with van der Waals surface area (Å²) < 4.78 is 7.50. The zero-order valence-corrected chi connectivity index (χ0v) is 27.2. The molecule has 0 aliphatic heterocycles. The number of halogens is 2. The van der Waals surface area contributed by atoms with Crippen LogP contribution in [0.4, 0.5) is 0 Å². The summed E-state index contributed by atoms with van der Waals surface area (Å²) in [5, 5.41) is 5.93. The quantitative estimate of drug-likeness (QED) is 0.0666. The van der Waals surface area contributed by atoms with Gasteiger partial charge in [-0.1, -0.05) is 128 Å². The van der Waals surface area contributed by atoms with Crippen LogP contribution in [0.25, 0.3) is 0 Å². The summed E-state index contributed by atoms with van der Waals surface area (Å²) in [6.07, 6.45) is 3.61. The van der Waals surface area contributed by atoms with Gasteiger partial charge in [-0.2, -0.15) is 0 Å². The van der Waals surface area contributed by atoms with Gasteiger partial charge < -0.3 is 4.90 Å². The Morgan fingerprint density at radius 3 is 1.05 bits per heavy atom. The fourth-order valence-electron chi connectivity index (χ4n) is 4.38. The Morgan fingerprint density at radius 2 is 0.821 bits per heavy atom. The molecule has 0 heterocycles. The van der Waals surface area contributed by atoms with Crippen LogP contribution in [0, 0.1) is 6.65 Å². The van der Waals surface area contributed by atoms with Crippen molar-refractivity contribution in [2.24, 2.45) is 0 Å². The predicted octanol–water partition coefficient (Wildman–Crippen LogP) is 7.30. The van der Waals surface area contributed by atoms with Gasteiger partial charge in [0.15, 0.2) is 0 Å². The van der Waals surface area contributed by atoms with Gasteiger partial charge in [-0.3, -0.25) is 0 Å². The molecule has 0 spiro atoms. The van der Waals surface area contributed by atoms with Crippen molar-refractivity contribution in [3.8, 4) is 0 Å². The van der Waals surface area contributed by atoms with Gasteiger partial charge in [-0.15, -0.1) is 0 Å². The van der Waals surface area contributed by atoms with E-state index in [4.69, 9.17) is 24.0 Å². The van der Waals surface area contributed by atoms with E-state index in [9.17, 15) is 0 Å². The first kappa shape index (κ1) is 33.8. The van der Waals surface area contributed by atoms with Gasteiger partial charge >= 0.3 is 45.8 Å². The molecule has 0 fully saturated rings. The molecular weight excluding hydrogens is 648 g/mol. The molecule has 0 unspecified atom stereocenters. The first-order chi connectivity index (χ1) is 19.3. The molecule has 0 amide bonds. The Hall–Kier alpha value is -1.36. The summed E-state index contributed by atoms with van der Waals surface area (Å²) in [5.41, 5.74) is 0. The molecule has 0 aliphatic carbocycles. The first-order valence-electron chi connectivity index (χ1n) is 12.8. The summed E-state index contributed by atoms with van der Waals surface area (Å²) in [4.78, 5) is 2.71. The fourth-order valence-corrected chi connectivity index (χ4v) is 9.10. The van der Waals surface area contributed by atoms with E-state index in [2.05, 4.69) is 140 Å². The summed E-state index contributed by atoms with van der Waals surface area (Å²) >= 11 is -0.346. The zero-order chi connectivity index (χ0) is 28.1. The fraction of sp³-hybridized carbons (Fsp3) is 0.219. The average molecular weight is 684 g/mol. The van der Waals surface area contributed by atoms with Crippen molar-refractivity contribution in [3.63, 3.8) is 0 Å². The SMILES string of the molecule is CCCN(CCP(c1ccccc1)c1ccccc1)CCP(c1ccccc1)c1ccccc1.[C-]#[O+].[Cl][Ru][Cl]. The van der Waals surface area contributed by atoms with E-state index in [1.54, 1.807) is 0 Å². The molecular formula is C32H35Cl2NOP2Ru. The molecule has 0 aliphatic rings. The number of nitrogens with zero attached hydrogens (tertiary/aromatic N) is 1. The van der Waals surface area contributed by atoms with E-state index >= 15 is 0 Å². The Bertz CT molecular complexity index is 989. The standard InChI is InChI=1S/C31H35NP2.CO.2ClH.Ru/c1-2-23-32(24-26-33(28-15-7-3-8-16-28)29-17-9-4-10-18-29)25-27-34(30-19-11-5-12-20-30)31-21-13-6-14-22-31;1-2;;;/h3-22H,2,23-27H2,1H3;;2*1H;/q;;;;+2/p-2. The molecule has 39 heavy (non-hydrogen) atoms. The molecule has 7 heteroatoms. The molecule has 4 aromatic carbocycles. The Labute approximate surface area is 253 Å². The van der Waals surface area contributed by atoms with Crippen molar-refractivity contribution >= 4 is 56.4 Å². The van der Waals surface area contributed by atoms with E-state index in [-0.39, 0.29) is 31.0 Å². The Kier molecular flexibility index (Phi) is 18.6. The van der Waals surface area contributed by atoms with Crippen molar-refractivity contribution in [2.75, 3.05) is 32.0 Å². The summed E-state index contributed by atoms with van der Waals surface area (Å²) in [7, 11) is 9.02. The van der Waals surface area contributed by atoms with Crippen molar-refractivity contribution < 1.29 is 19.8 Å². The molecule has 2 nitrogen and oxygen atoms in total. The van der Waals surface area contributed by atoms with E-state index in [1.165, 1.54) is 46.5 Å². The third-order valence-electron chi connectivity index (χ3n) is 6.09. The van der Waals surface area contributed by atoms with Crippen LogP contribution >= 0.6 is 35.2 Å². The number of rotatable bonds is 12. The minimum absolute atomic E-state index is 0.344. The summed E-state index contributed by atoms with van der Waals surface area (Å²) in [6.45, 7) is 10.3. The monoisotopic (exact) mass is 683 g/mol. The molecule has 0 radical (unpaired) electrons. The van der Waals surface area contributed by atoms with Crippen LogP contribution in [-0.4, -0.2) is 36.9 Å². The van der Waals surface area contributed by atoms with Gasteiger partial charge in [0.1, 0.15) is 0 Å². The zero-order valence-electron chi connectivity index (χ0n) is 22.1. The Balaban J connectivity index is 0.000000998. The van der Waals surface area contributed by atoms with Gasteiger partial charge in [0, 0.05) is 13.1 Å². The molecule has 0 N–H and O–H groups in total. The number of benzene rings is 4. The second kappa shape index (κ2) is 21.4. The van der Waals surface area contributed by atoms with Crippen LogP contribution < -0.4 is 21.2 Å².